The Morgan fingerprint density at radius 2 is 2.05 bits per heavy atom. The van der Waals surface area contributed by atoms with Crippen molar-refractivity contribution >= 4 is 15.9 Å². The van der Waals surface area contributed by atoms with Crippen LogP contribution in [0.5, 0.6) is 0 Å². The number of aromatic nitrogens is 2. The summed E-state index contributed by atoms with van der Waals surface area (Å²) in [4.78, 5) is 0. The quantitative estimate of drug-likeness (QED) is 0.804. The second-order valence-electron chi connectivity index (χ2n) is 5.25. The first-order chi connectivity index (χ1) is 9.11. The van der Waals surface area contributed by atoms with Gasteiger partial charge in [-0.3, -0.25) is 0 Å². The topological polar surface area (TPSA) is 97.1 Å². The van der Waals surface area contributed by atoms with Gasteiger partial charge in [-0.15, -0.1) is 5.10 Å². The summed E-state index contributed by atoms with van der Waals surface area (Å²) < 4.78 is 28.5. The molecule has 2 fully saturated rings. The third kappa shape index (κ3) is 3.66. The smallest absolute Gasteiger partial charge is 0.315 e. The number of nitrogens with zero attached hydrogens (tertiary/aromatic N) is 2. The van der Waals surface area contributed by atoms with Gasteiger partial charge < -0.3 is 15.1 Å². The minimum absolute atomic E-state index is 0.122. The molecule has 3 rings (SSSR count). The van der Waals surface area contributed by atoms with E-state index >= 15 is 0 Å². The average Bonchev–Trinajstić information content (AvgIpc) is 3.06. The summed E-state index contributed by atoms with van der Waals surface area (Å²) in [5, 5.41) is 14.1. The summed E-state index contributed by atoms with van der Waals surface area (Å²) in [5.74, 6) is 0.962. The van der Waals surface area contributed by atoms with Gasteiger partial charge in [-0.25, -0.2) is 8.42 Å². The standard InChI is InChI=1S/C11H18N4O3S/c16-19(17)5-1-2-9(7-19)13-11-15-14-10(18-11)6-12-8-3-4-8/h8-9,12H,1-7H2,(H,13,15). The van der Waals surface area contributed by atoms with Gasteiger partial charge in [-0.2, -0.15) is 0 Å². The Bertz CT molecular complexity index is 538. The van der Waals surface area contributed by atoms with E-state index in [0.717, 1.165) is 6.42 Å². The Kier molecular flexibility index (Phi) is 3.44. The molecule has 2 N–H and O–H groups in total. The van der Waals surface area contributed by atoms with Crippen molar-refractivity contribution in [3.8, 4) is 0 Å². The highest BCUT2D eigenvalue weighted by Crippen LogP contribution is 2.20. The van der Waals surface area contributed by atoms with Crippen LogP contribution in [0.15, 0.2) is 4.42 Å². The molecule has 0 aromatic carbocycles. The van der Waals surface area contributed by atoms with Gasteiger partial charge in [0.25, 0.3) is 0 Å². The van der Waals surface area contributed by atoms with E-state index in [9.17, 15) is 8.42 Å². The van der Waals surface area contributed by atoms with Crippen molar-refractivity contribution in [3.63, 3.8) is 0 Å². The monoisotopic (exact) mass is 286 g/mol. The molecular weight excluding hydrogens is 268 g/mol. The highest BCUT2D eigenvalue weighted by atomic mass is 32.2. The molecule has 19 heavy (non-hydrogen) atoms. The number of rotatable bonds is 5. The molecule has 7 nitrogen and oxygen atoms in total. The van der Waals surface area contributed by atoms with E-state index in [1.807, 2.05) is 0 Å². The fourth-order valence-electron chi connectivity index (χ4n) is 2.21. The number of hydrogen-bond acceptors (Lipinski definition) is 7. The van der Waals surface area contributed by atoms with E-state index in [1.165, 1.54) is 12.8 Å². The zero-order valence-electron chi connectivity index (χ0n) is 10.6. The molecule has 106 valence electrons. The molecule has 0 bridgehead atoms. The molecular formula is C11H18N4O3S. The molecule has 1 aromatic rings. The number of anilines is 1. The molecule has 0 spiro atoms. The van der Waals surface area contributed by atoms with Gasteiger partial charge in [0.2, 0.25) is 5.89 Å². The molecule has 1 unspecified atom stereocenters. The van der Waals surface area contributed by atoms with E-state index in [-0.39, 0.29) is 17.5 Å². The maximum atomic E-state index is 11.5. The lowest BCUT2D eigenvalue weighted by Gasteiger charge is -2.21. The molecule has 8 heteroatoms. The van der Waals surface area contributed by atoms with Crippen LogP contribution in [0, 0.1) is 0 Å². The first kappa shape index (κ1) is 12.9. The lowest BCUT2D eigenvalue weighted by molar-refractivity contribution is 0.469. The molecule has 0 amide bonds. The van der Waals surface area contributed by atoms with Crippen LogP contribution in [0.1, 0.15) is 31.6 Å². The molecule has 1 saturated heterocycles. The van der Waals surface area contributed by atoms with E-state index in [0.29, 0.717) is 30.9 Å². The number of nitrogens with one attached hydrogen (secondary N) is 2. The van der Waals surface area contributed by atoms with Crippen LogP contribution < -0.4 is 10.6 Å². The van der Waals surface area contributed by atoms with Crippen molar-refractivity contribution in [3.05, 3.63) is 5.89 Å². The van der Waals surface area contributed by atoms with E-state index in [2.05, 4.69) is 20.8 Å². The van der Waals surface area contributed by atoms with Gasteiger partial charge in [-0.05, 0) is 25.7 Å². The van der Waals surface area contributed by atoms with Gasteiger partial charge >= 0.3 is 6.01 Å². The van der Waals surface area contributed by atoms with Crippen molar-refractivity contribution in [2.24, 2.45) is 0 Å². The summed E-state index contributed by atoms with van der Waals surface area (Å²) in [6.45, 7) is 0.572. The summed E-state index contributed by atoms with van der Waals surface area (Å²) in [5.41, 5.74) is 0. The van der Waals surface area contributed by atoms with Crippen LogP contribution in [-0.4, -0.2) is 42.2 Å². The van der Waals surface area contributed by atoms with Crippen LogP contribution in [0.4, 0.5) is 6.01 Å². The molecule has 2 heterocycles. The zero-order chi connectivity index (χ0) is 13.3. The Hall–Kier alpha value is -1.15. The minimum atomic E-state index is -2.92. The molecule has 1 aliphatic heterocycles. The summed E-state index contributed by atoms with van der Waals surface area (Å²) in [6.07, 6.45) is 3.92. The van der Waals surface area contributed by atoms with Crippen LogP contribution >= 0.6 is 0 Å². The van der Waals surface area contributed by atoms with Gasteiger partial charge in [0, 0.05) is 12.1 Å². The predicted molar refractivity (Wildman–Crippen MR) is 69.5 cm³/mol. The highest BCUT2D eigenvalue weighted by molar-refractivity contribution is 7.91. The van der Waals surface area contributed by atoms with Gasteiger partial charge in [0.15, 0.2) is 9.84 Å². The predicted octanol–water partition coefficient (Wildman–Crippen LogP) is 0.311. The van der Waals surface area contributed by atoms with Crippen LogP contribution in [0.2, 0.25) is 0 Å². The molecule has 1 aliphatic carbocycles. The van der Waals surface area contributed by atoms with Crippen molar-refractivity contribution in [1.29, 1.82) is 0 Å². The second kappa shape index (κ2) is 5.09. The minimum Gasteiger partial charge on any atom is -0.407 e. The van der Waals surface area contributed by atoms with Crippen molar-refractivity contribution in [2.45, 2.75) is 44.3 Å². The third-order valence-corrected chi connectivity index (χ3v) is 5.20. The van der Waals surface area contributed by atoms with E-state index in [1.54, 1.807) is 0 Å². The van der Waals surface area contributed by atoms with Gasteiger partial charge in [-0.1, -0.05) is 5.10 Å². The third-order valence-electron chi connectivity index (χ3n) is 3.38. The largest absolute Gasteiger partial charge is 0.407 e. The molecule has 2 aliphatic rings. The summed E-state index contributed by atoms with van der Waals surface area (Å²) >= 11 is 0. The summed E-state index contributed by atoms with van der Waals surface area (Å²) in [6, 6.07) is 0.782. The van der Waals surface area contributed by atoms with Crippen LogP contribution in [0.25, 0.3) is 0 Å². The number of sulfone groups is 1. The van der Waals surface area contributed by atoms with Crippen molar-refractivity contribution in [2.75, 3.05) is 16.8 Å². The Labute approximate surface area is 112 Å². The van der Waals surface area contributed by atoms with Gasteiger partial charge in [0.05, 0.1) is 18.1 Å². The van der Waals surface area contributed by atoms with Crippen LogP contribution in [-0.2, 0) is 16.4 Å². The van der Waals surface area contributed by atoms with Gasteiger partial charge in [0.1, 0.15) is 0 Å². The lowest BCUT2D eigenvalue weighted by Crippen LogP contribution is -2.34. The Morgan fingerprint density at radius 3 is 2.79 bits per heavy atom. The Morgan fingerprint density at radius 1 is 1.21 bits per heavy atom. The first-order valence-corrected chi connectivity index (χ1v) is 8.45. The normalized spacial score (nSPS) is 26.2. The Balaban J connectivity index is 1.54. The number of hydrogen-bond donors (Lipinski definition) is 2. The highest BCUT2D eigenvalue weighted by Gasteiger charge is 2.26. The van der Waals surface area contributed by atoms with Crippen LogP contribution in [0.3, 0.4) is 0 Å². The maximum Gasteiger partial charge on any atom is 0.315 e. The lowest BCUT2D eigenvalue weighted by atomic mass is 10.2. The summed E-state index contributed by atoms with van der Waals surface area (Å²) in [7, 11) is -2.92. The fourth-order valence-corrected chi connectivity index (χ4v) is 3.85. The zero-order valence-corrected chi connectivity index (χ0v) is 11.4. The second-order valence-corrected chi connectivity index (χ2v) is 7.48. The first-order valence-electron chi connectivity index (χ1n) is 6.63. The molecule has 1 aromatic heterocycles. The van der Waals surface area contributed by atoms with E-state index < -0.39 is 9.84 Å². The maximum absolute atomic E-state index is 11.5. The van der Waals surface area contributed by atoms with Crippen molar-refractivity contribution in [1.82, 2.24) is 15.5 Å². The fraction of sp³-hybridized carbons (Fsp3) is 0.818. The molecule has 0 radical (unpaired) electrons. The van der Waals surface area contributed by atoms with Crippen molar-refractivity contribution < 1.29 is 12.8 Å². The SMILES string of the molecule is O=S1(=O)CCCC(Nc2nnc(CNC3CC3)o2)C1. The molecule has 1 atom stereocenters. The van der Waals surface area contributed by atoms with E-state index in [4.69, 9.17) is 4.42 Å². The average molecular weight is 286 g/mol. The molecule has 1 saturated carbocycles.